The van der Waals surface area contributed by atoms with E-state index in [0.29, 0.717) is 11.3 Å². The molecular weight excluding hydrogens is 282 g/mol. The van der Waals surface area contributed by atoms with Crippen LogP contribution in [0.1, 0.15) is 15.9 Å². The largest absolute Gasteiger partial charge is 0.545 e. The molecule has 0 spiro atoms. The van der Waals surface area contributed by atoms with Crippen LogP contribution in [0, 0.1) is 0 Å². The van der Waals surface area contributed by atoms with Crippen LogP contribution in [0.3, 0.4) is 0 Å². The van der Waals surface area contributed by atoms with Crippen molar-refractivity contribution < 1.29 is 19.4 Å². The van der Waals surface area contributed by atoms with E-state index in [4.69, 9.17) is 4.74 Å². The highest BCUT2D eigenvalue weighted by Gasteiger charge is 2.16. The number of amides is 1. The van der Waals surface area contributed by atoms with E-state index in [2.05, 4.69) is 5.32 Å². The van der Waals surface area contributed by atoms with E-state index in [-0.39, 0.29) is 18.1 Å². The molecule has 1 amide bonds. The highest BCUT2D eigenvalue weighted by atomic mass is 16.5. The lowest BCUT2D eigenvalue weighted by molar-refractivity contribution is -0.255. The third-order valence-corrected chi connectivity index (χ3v) is 3.30. The average molecular weight is 294 g/mol. The number of nitrogens with one attached hydrogen (secondary N) is 1. The topological polar surface area (TPSA) is 78.5 Å². The second-order valence-electron chi connectivity index (χ2n) is 4.82. The van der Waals surface area contributed by atoms with Crippen molar-refractivity contribution in [2.24, 2.45) is 0 Å². The fourth-order valence-corrected chi connectivity index (χ4v) is 2.15. The summed E-state index contributed by atoms with van der Waals surface area (Å²) in [5, 5.41) is 13.4. The van der Waals surface area contributed by atoms with Crippen LogP contribution in [0.2, 0.25) is 0 Å². The van der Waals surface area contributed by atoms with Gasteiger partial charge in [-0.15, -0.1) is 0 Å². The van der Waals surface area contributed by atoms with Gasteiger partial charge >= 0.3 is 0 Å². The van der Waals surface area contributed by atoms with Crippen LogP contribution in [0.15, 0.2) is 54.1 Å². The molecule has 1 aliphatic rings. The van der Waals surface area contributed by atoms with Crippen LogP contribution in [0.5, 0.6) is 5.75 Å². The maximum Gasteiger partial charge on any atom is 0.255 e. The second kappa shape index (κ2) is 5.73. The van der Waals surface area contributed by atoms with Crippen LogP contribution in [-0.4, -0.2) is 18.5 Å². The van der Waals surface area contributed by atoms with Gasteiger partial charge in [0.2, 0.25) is 0 Å². The van der Waals surface area contributed by atoms with E-state index in [1.165, 1.54) is 24.3 Å². The summed E-state index contributed by atoms with van der Waals surface area (Å²) in [7, 11) is 0. The summed E-state index contributed by atoms with van der Waals surface area (Å²) in [6, 6.07) is 13.3. The highest BCUT2D eigenvalue weighted by molar-refractivity contribution is 6.07. The van der Waals surface area contributed by atoms with Gasteiger partial charge in [0.1, 0.15) is 12.4 Å². The van der Waals surface area contributed by atoms with Gasteiger partial charge in [0.15, 0.2) is 0 Å². The van der Waals surface area contributed by atoms with E-state index in [1.54, 1.807) is 6.08 Å². The number of carbonyl (C=O) groups excluding carboxylic acids is 2. The number of para-hydroxylation sites is 1. The van der Waals surface area contributed by atoms with Gasteiger partial charge in [-0.1, -0.05) is 30.3 Å². The molecule has 0 saturated heterocycles. The molecule has 1 heterocycles. The van der Waals surface area contributed by atoms with Crippen LogP contribution < -0.4 is 15.2 Å². The van der Waals surface area contributed by atoms with Crippen molar-refractivity contribution in [1.82, 2.24) is 0 Å². The molecule has 110 valence electrons. The molecule has 2 aromatic carbocycles. The quantitative estimate of drug-likeness (QED) is 0.929. The summed E-state index contributed by atoms with van der Waals surface area (Å²) in [6.07, 6.45) is 1.78. The molecule has 1 aliphatic heterocycles. The molecule has 0 unspecified atom stereocenters. The van der Waals surface area contributed by atoms with Crippen molar-refractivity contribution in [1.29, 1.82) is 0 Å². The Bertz CT molecular complexity index is 762. The lowest BCUT2D eigenvalue weighted by Crippen LogP contribution is -2.23. The Kier molecular flexibility index (Phi) is 3.62. The summed E-state index contributed by atoms with van der Waals surface area (Å²) in [5.41, 5.74) is 1.93. The van der Waals surface area contributed by atoms with Gasteiger partial charge in [0.05, 0.1) is 11.5 Å². The first-order chi connectivity index (χ1) is 10.6. The zero-order valence-electron chi connectivity index (χ0n) is 11.5. The number of anilines is 1. The van der Waals surface area contributed by atoms with Crippen LogP contribution in [-0.2, 0) is 4.79 Å². The molecule has 0 radical (unpaired) electrons. The number of rotatable bonds is 3. The van der Waals surface area contributed by atoms with Crippen molar-refractivity contribution in [3.63, 3.8) is 0 Å². The Hall–Kier alpha value is -3.08. The monoisotopic (exact) mass is 294 g/mol. The maximum absolute atomic E-state index is 12.2. The minimum absolute atomic E-state index is 0.0622. The normalized spacial score (nSPS) is 12.6. The number of fused-ring (bicyclic) bond motifs is 1. The van der Waals surface area contributed by atoms with Crippen LogP contribution in [0.4, 0.5) is 5.69 Å². The highest BCUT2D eigenvalue weighted by Crippen LogP contribution is 2.26. The Morgan fingerprint density at radius 1 is 1.05 bits per heavy atom. The van der Waals surface area contributed by atoms with Crippen LogP contribution in [0.25, 0.3) is 6.08 Å². The summed E-state index contributed by atoms with van der Waals surface area (Å²) in [5.74, 6) is -0.786. The number of carbonyl (C=O) groups is 2. The number of carboxylic acids is 1. The van der Waals surface area contributed by atoms with E-state index >= 15 is 0 Å². The van der Waals surface area contributed by atoms with Gasteiger partial charge in [0.25, 0.3) is 5.91 Å². The molecule has 0 fully saturated rings. The summed E-state index contributed by atoms with van der Waals surface area (Å²) in [6.45, 7) is 0.194. The van der Waals surface area contributed by atoms with Crippen LogP contribution >= 0.6 is 0 Å². The van der Waals surface area contributed by atoms with E-state index in [9.17, 15) is 14.7 Å². The van der Waals surface area contributed by atoms with Crippen molar-refractivity contribution in [3.05, 3.63) is 65.2 Å². The number of benzene rings is 2. The fourth-order valence-electron chi connectivity index (χ4n) is 2.15. The van der Waals surface area contributed by atoms with Gasteiger partial charge in [0, 0.05) is 11.3 Å². The molecule has 0 atom stereocenters. The predicted molar refractivity (Wildman–Crippen MR) is 79.3 cm³/mol. The molecule has 3 rings (SSSR count). The van der Waals surface area contributed by atoms with Gasteiger partial charge in [-0.2, -0.15) is 0 Å². The molecule has 2 aromatic rings. The standard InChI is InChI=1S/C17H13NO4/c19-16(18-14-7-5-11(6-8-14)17(20)21)13-9-12-3-1-2-4-15(12)22-10-13/h1-9H,10H2,(H,18,19)(H,20,21)/p-1. The Morgan fingerprint density at radius 2 is 1.77 bits per heavy atom. The zero-order valence-corrected chi connectivity index (χ0v) is 11.5. The van der Waals surface area contributed by atoms with E-state index in [1.807, 2.05) is 24.3 Å². The molecular formula is C17H12NO4-. The third kappa shape index (κ3) is 2.83. The molecule has 0 aromatic heterocycles. The van der Waals surface area contributed by atoms with Crippen molar-refractivity contribution in [2.75, 3.05) is 11.9 Å². The summed E-state index contributed by atoms with van der Waals surface area (Å²) in [4.78, 5) is 22.9. The fraction of sp³-hybridized carbons (Fsp3) is 0.0588. The number of carboxylic acid groups (broad SMARTS) is 1. The van der Waals surface area contributed by atoms with E-state index in [0.717, 1.165) is 11.3 Å². The molecule has 0 bridgehead atoms. The molecule has 0 aliphatic carbocycles. The van der Waals surface area contributed by atoms with Gasteiger partial charge in [-0.25, -0.2) is 0 Å². The predicted octanol–water partition coefficient (Wildman–Crippen LogP) is 1.46. The Balaban J connectivity index is 1.75. The third-order valence-electron chi connectivity index (χ3n) is 3.30. The van der Waals surface area contributed by atoms with Crippen molar-refractivity contribution in [3.8, 4) is 5.75 Å². The number of ether oxygens (including phenoxy) is 1. The van der Waals surface area contributed by atoms with Crippen molar-refractivity contribution >= 4 is 23.6 Å². The minimum Gasteiger partial charge on any atom is -0.545 e. The molecule has 22 heavy (non-hydrogen) atoms. The molecule has 0 saturated carbocycles. The summed E-state index contributed by atoms with van der Waals surface area (Å²) >= 11 is 0. The lowest BCUT2D eigenvalue weighted by atomic mass is 10.1. The molecule has 5 nitrogen and oxygen atoms in total. The minimum atomic E-state index is -1.25. The Morgan fingerprint density at radius 3 is 2.50 bits per heavy atom. The Labute approximate surface area is 126 Å². The molecule has 1 N–H and O–H groups in total. The van der Waals surface area contributed by atoms with Gasteiger partial charge in [-0.05, 0) is 29.8 Å². The van der Waals surface area contributed by atoms with E-state index < -0.39 is 5.97 Å². The zero-order chi connectivity index (χ0) is 15.5. The molecule has 5 heteroatoms. The smallest absolute Gasteiger partial charge is 0.255 e. The number of hydrogen-bond acceptors (Lipinski definition) is 4. The van der Waals surface area contributed by atoms with Gasteiger partial charge < -0.3 is 20.0 Å². The first-order valence-electron chi connectivity index (χ1n) is 6.68. The maximum atomic E-state index is 12.2. The summed E-state index contributed by atoms with van der Waals surface area (Å²) < 4.78 is 5.53. The first kappa shape index (κ1) is 13.9. The van der Waals surface area contributed by atoms with Crippen molar-refractivity contribution in [2.45, 2.75) is 0 Å². The lowest BCUT2D eigenvalue weighted by Gasteiger charge is -2.17. The second-order valence-corrected chi connectivity index (χ2v) is 4.82. The number of aromatic carboxylic acids is 1. The van der Waals surface area contributed by atoms with Gasteiger partial charge in [-0.3, -0.25) is 4.79 Å². The number of hydrogen-bond donors (Lipinski definition) is 1. The first-order valence-corrected chi connectivity index (χ1v) is 6.68. The SMILES string of the molecule is O=C(Nc1ccc(C(=O)[O-])cc1)C1=Cc2ccccc2OC1. The average Bonchev–Trinajstić information content (AvgIpc) is 2.55.